The van der Waals surface area contributed by atoms with E-state index < -0.39 is 0 Å². The zero-order valence-electron chi connectivity index (χ0n) is 12.0. The Morgan fingerprint density at radius 3 is 2.57 bits per heavy atom. The molecule has 0 saturated carbocycles. The SMILES string of the molecule is Cc1ccc2c(c1)C(=O)/C(=C/c1ccc(Br)cc1)CCC2. The molecule has 0 bridgehead atoms. The van der Waals surface area contributed by atoms with Crippen molar-refractivity contribution in [1.82, 2.24) is 0 Å². The molecule has 0 amide bonds. The zero-order valence-corrected chi connectivity index (χ0v) is 13.6. The van der Waals surface area contributed by atoms with E-state index in [1.54, 1.807) is 0 Å². The minimum atomic E-state index is 0.189. The Hall–Kier alpha value is -1.67. The van der Waals surface area contributed by atoms with E-state index in [0.29, 0.717) is 0 Å². The number of hydrogen-bond donors (Lipinski definition) is 0. The van der Waals surface area contributed by atoms with E-state index in [1.165, 1.54) is 5.56 Å². The summed E-state index contributed by atoms with van der Waals surface area (Å²) in [5, 5.41) is 0. The average Bonchev–Trinajstić information content (AvgIpc) is 2.62. The Morgan fingerprint density at radius 2 is 1.81 bits per heavy atom. The van der Waals surface area contributed by atoms with Gasteiger partial charge in [-0.25, -0.2) is 0 Å². The van der Waals surface area contributed by atoms with Crippen LogP contribution in [0.3, 0.4) is 0 Å². The molecular formula is C19H17BrO. The van der Waals surface area contributed by atoms with Gasteiger partial charge in [0.2, 0.25) is 0 Å². The second-order valence-corrected chi connectivity index (χ2v) is 6.48. The van der Waals surface area contributed by atoms with E-state index in [1.807, 2.05) is 43.3 Å². The van der Waals surface area contributed by atoms with Crippen LogP contribution < -0.4 is 0 Å². The van der Waals surface area contributed by atoms with E-state index in [9.17, 15) is 4.79 Å². The van der Waals surface area contributed by atoms with Gasteiger partial charge in [-0.1, -0.05) is 45.8 Å². The first-order valence-corrected chi connectivity index (χ1v) is 8.03. The van der Waals surface area contributed by atoms with Crippen LogP contribution in [0.2, 0.25) is 0 Å². The third-order valence-electron chi connectivity index (χ3n) is 3.90. The molecule has 2 aromatic rings. The third kappa shape index (κ3) is 3.16. The molecule has 1 aliphatic carbocycles. The van der Waals surface area contributed by atoms with Gasteiger partial charge in [-0.05, 0) is 61.6 Å². The maximum atomic E-state index is 12.8. The zero-order chi connectivity index (χ0) is 14.8. The number of halogens is 1. The van der Waals surface area contributed by atoms with E-state index in [2.05, 4.69) is 28.1 Å². The molecule has 106 valence electrons. The topological polar surface area (TPSA) is 17.1 Å². The predicted octanol–water partition coefficient (Wildman–Crippen LogP) is 5.36. The van der Waals surface area contributed by atoms with Crippen molar-refractivity contribution in [2.75, 3.05) is 0 Å². The molecule has 2 aromatic carbocycles. The molecule has 0 atom stereocenters. The van der Waals surface area contributed by atoms with Crippen LogP contribution in [0.15, 0.2) is 52.5 Å². The maximum Gasteiger partial charge on any atom is 0.189 e. The van der Waals surface area contributed by atoms with Crippen molar-refractivity contribution in [3.63, 3.8) is 0 Å². The molecule has 0 aromatic heterocycles. The number of fused-ring (bicyclic) bond motifs is 1. The minimum Gasteiger partial charge on any atom is -0.289 e. The highest BCUT2D eigenvalue weighted by molar-refractivity contribution is 9.10. The van der Waals surface area contributed by atoms with Gasteiger partial charge in [0.05, 0.1) is 0 Å². The van der Waals surface area contributed by atoms with Gasteiger partial charge in [0.15, 0.2) is 5.78 Å². The molecular weight excluding hydrogens is 324 g/mol. The van der Waals surface area contributed by atoms with Gasteiger partial charge >= 0.3 is 0 Å². The Balaban J connectivity index is 2.00. The second kappa shape index (κ2) is 5.98. The summed E-state index contributed by atoms with van der Waals surface area (Å²) in [4.78, 5) is 12.8. The van der Waals surface area contributed by atoms with Crippen molar-refractivity contribution < 1.29 is 4.79 Å². The molecule has 0 spiro atoms. The number of ketones is 1. The van der Waals surface area contributed by atoms with Crippen LogP contribution in [0.25, 0.3) is 6.08 Å². The molecule has 0 aliphatic heterocycles. The summed E-state index contributed by atoms with van der Waals surface area (Å²) in [6, 6.07) is 14.3. The standard InChI is InChI=1S/C19H17BrO/c1-13-5-8-15-3-2-4-16(19(21)18(15)11-13)12-14-6-9-17(20)10-7-14/h5-12H,2-4H2,1H3/b16-12+. The fraction of sp³-hybridized carbons (Fsp3) is 0.211. The van der Waals surface area contributed by atoms with Crippen LogP contribution in [0.4, 0.5) is 0 Å². The number of Topliss-reactive ketones (excluding diaryl/α,β-unsaturated/α-hetero) is 1. The van der Waals surface area contributed by atoms with Gasteiger partial charge in [-0.3, -0.25) is 4.79 Å². The molecule has 21 heavy (non-hydrogen) atoms. The van der Waals surface area contributed by atoms with Crippen LogP contribution >= 0.6 is 15.9 Å². The number of hydrogen-bond acceptors (Lipinski definition) is 1. The number of aryl methyl sites for hydroxylation is 2. The molecule has 0 radical (unpaired) electrons. The third-order valence-corrected chi connectivity index (χ3v) is 4.43. The summed E-state index contributed by atoms with van der Waals surface area (Å²) in [7, 11) is 0. The lowest BCUT2D eigenvalue weighted by Gasteiger charge is -2.06. The first kappa shape index (κ1) is 14.3. The Bertz CT molecular complexity index is 711. The summed E-state index contributed by atoms with van der Waals surface area (Å²) in [5.41, 5.74) is 5.21. The largest absolute Gasteiger partial charge is 0.289 e. The first-order chi connectivity index (χ1) is 10.1. The van der Waals surface area contributed by atoms with Crippen LogP contribution in [0, 0.1) is 6.92 Å². The van der Waals surface area contributed by atoms with Gasteiger partial charge in [-0.15, -0.1) is 0 Å². The fourth-order valence-corrected chi connectivity index (χ4v) is 3.04. The quantitative estimate of drug-likeness (QED) is 0.504. The molecule has 2 heteroatoms. The van der Waals surface area contributed by atoms with E-state index in [4.69, 9.17) is 0 Å². The highest BCUT2D eigenvalue weighted by atomic mass is 79.9. The van der Waals surface area contributed by atoms with Gasteiger partial charge in [0.1, 0.15) is 0 Å². The van der Waals surface area contributed by atoms with Gasteiger partial charge in [-0.2, -0.15) is 0 Å². The monoisotopic (exact) mass is 340 g/mol. The Morgan fingerprint density at radius 1 is 1.05 bits per heavy atom. The normalized spacial score (nSPS) is 16.7. The lowest BCUT2D eigenvalue weighted by molar-refractivity contribution is 0.103. The van der Waals surface area contributed by atoms with Gasteiger partial charge in [0.25, 0.3) is 0 Å². The van der Waals surface area contributed by atoms with Crippen LogP contribution in [0.1, 0.15) is 39.9 Å². The van der Waals surface area contributed by atoms with Gasteiger partial charge in [0, 0.05) is 15.6 Å². The summed E-state index contributed by atoms with van der Waals surface area (Å²) < 4.78 is 1.05. The summed E-state index contributed by atoms with van der Waals surface area (Å²) >= 11 is 3.44. The molecule has 3 rings (SSSR count). The van der Waals surface area contributed by atoms with Gasteiger partial charge < -0.3 is 0 Å². The lowest BCUT2D eigenvalue weighted by Crippen LogP contribution is -2.04. The van der Waals surface area contributed by atoms with E-state index in [0.717, 1.165) is 46.0 Å². The van der Waals surface area contributed by atoms with Crippen molar-refractivity contribution in [2.45, 2.75) is 26.2 Å². The number of allylic oxidation sites excluding steroid dienone is 1. The second-order valence-electron chi connectivity index (χ2n) is 5.56. The smallest absolute Gasteiger partial charge is 0.189 e. The van der Waals surface area contributed by atoms with Crippen molar-refractivity contribution in [1.29, 1.82) is 0 Å². The minimum absolute atomic E-state index is 0.189. The van der Waals surface area contributed by atoms with Crippen molar-refractivity contribution >= 4 is 27.8 Å². The molecule has 0 saturated heterocycles. The Kier molecular flexibility index (Phi) is 4.07. The van der Waals surface area contributed by atoms with E-state index in [-0.39, 0.29) is 5.78 Å². The number of carbonyl (C=O) groups excluding carboxylic acids is 1. The number of benzene rings is 2. The maximum absolute atomic E-state index is 12.8. The van der Waals surface area contributed by atoms with E-state index >= 15 is 0 Å². The van der Waals surface area contributed by atoms with Crippen LogP contribution in [-0.4, -0.2) is 5.78 Å². The molecule has 0 heterocycles. The van der Waals surface area contributed by atoms with Crippen molar-refractivity contribution in [3.05, 3.63) is 74.8 Å². The Labute approximate surface area is 133 Å². The molecule has 0 fully saturated rings. The number of carbonyl (C=O) groups is 1. The summed E-state index contributed by atoms with van der Waals surface area (Å²) in [6.07, 6.45) is 4.90. The summed E-state index contributed by atoms with van der Waals surface area (Å²) in [6.45, 7) is 2.04. The molecule has 0 unspecified atom stereocenters. The number of rotatable bonds is 1. The lowest BCUT2D eigenvalue weighted by atomic mass is 9.97. The van der Waals surface area contributed by atoms with Crippen LogP contribution in [-0.2, 0) is 6.42 Å². The molecule has 0 N–H and O–H groups in total. The highest BCUT2D eigenvalue weighted by Gasteiger charge is 2.19. The van der Waals surface area contributed by atoms with Crippen LogP contribution in [0.5, 0.6) is 0 Å². The highest BCUT2D eigenvalue weighted by Crippen LogP contribution is 2.26. The predicted molar refractivity (Wildman–Crippen MR) is 90.6 cm³/mol. The van der Waals surface area contributed by atoms with Crippen molar-refractivity contribution in [3.8, 4) is 0 Å². The molecule has 1 aliphatic rings. The molecule has 1 nitrogen and oxygen atoms in total. The average molecular weight is 341 g/mol. The summed E-state index contributed by atoms with van der Waals surface area (Å²) in [5.74, 6) is 0.189. The van der Waals surface area contributed by atoms with Crippen molar-refractivity contribution in [2.24, 2.45) is 0 Å². The first-order valence-electron chi connectivity index (χ1n) is 7.24. The fourth-order valence-electron chi connectivity index (χ4n) is 2.77.